The summed E-state index contributed by atoms with van der Waals surface area (Å²) in [4.78, 5) is 21.4. The fourth-order valence-corrected chi connectivity index (χ4v) is 1.61. The van der Waals surface area contributed by atoms with Crippen molar-refractivity contribution in [3.63, 3.8) is 0 Å². The molecule has 3 N–H and O–H groups in total. The summed E-state index contributed by atoms with van der Waals surface area (Å²) in [6.07, 6.45) is 1.40. The molecule has 0 fully saturated rings. The lowest BCUT2D eigenvalue weighted by Gasteiger charge is -2.06. The molecule has 0 bridgehead atoms. The van der Waals surface area contributed by atoms with Crippen LogP contribution in [0.2, 0.25) is 0 Å². The second-order valence-electron chi connectivity index (χ2n) is 4.41. The Bertz CT molecular complexity index is 667. The molecule has 2 rings (SSSR count). The number of amides is 2. The van der Waals surface area contributed by atoms with Crippen LogP contribution in [0.5, 0.6) is 5.75 Å². The number of carbonyl (C=O) groups is 2. The topological polar surface area (TPSA) is 93.8 Å². The zero-order valence-electron chi connectivity index (χ0n) is 11.7. The molecule has 0 spiro atoms. The third-order valence-corrected chi connectivity index (χ3v) is 2.73. The first-order chi connectivity index (χ1) is 10.6. The van der Waals surface area contributed by atoms with Crippen LogP contribution < -0.4 is 15.9 Å². The number of nitrogens with two attached hydrogens (primary N) is 1. The SMILES string of the molecule is NC(=O)C(=O)NN=Cc1ccc(OCc2ccccc2)cc1. The number of nitrogens with zero attached hydrogens (tertiary/aromatic N) is 1. The van der Waals surface area contributed by atoms with E-state index in [1.807, 2.05) is 35.8 Å². The van der Waals surface area contributed by atoms with E-state index in [2.05, 4.69) is 5.10 Å². The van der Waals surface area contributed by atoms with Gasteiger partial charge in [0.25, 0.3) is 0 Å². The standard InChI is InChI=1S/C16H15N3O3/c17-15(20)16(21)19-18-10-12-6-8-14(9-7-12)22-11-13-4-2-1-3-5-13/h1-10H,11H2,(H2,17,20)(H,19,21). The average molecular weight is 297 g/mol. The fraction of sp³-hybridized carbons (Fsp3) is 0.0625. The molecule has 0 atom stereocenters. The summed E-state index contributed by atoms with van der Waals surface area (Å²) >= 11 is 0. The minimum atomic E-state index is -1.08. The molecule has 0 aliphatic rings. The maximum atomic E-state index is 10.9. The van der Waals surface area contributed by atoms with Gasteiger partial charge < -0.3 is 10.5 Å². The van der Waals surface area contributed by atoms with E-state index >= 15 is 0 Å². The molecule has 0 saturated carbocycles. The molecule has 6 heteroatoms. The number of nitrogens with one attached hydrogen (secondary N) is 1. The number of rotatable bonds is 5. The number of primary amides is 1. The van der Waals surface area contributed by atoms with Crippen molar-refractivity contribution < 1.29 is 14.3 Å². The van der Waals surface area contributed by atoms with Crippen molar-refractivity contribution in [2.45, 2.75) is 6.61 Å². The molecule has 6 nitrogen and oxygen atoms in total. The summed E-state index contributed by atoms with van der Waals surface area (Å²) in [6.45, 7) is 0.489. The van der Waals surface area contributed by atoms with Crippen molar-refractivity contribution in [1.29, 1.82) is 0 Å². The highest BCUT2D eigenvalue weighted by molar-refractivity contribution is 6.34. The van der Waals surface area contributed by atoms with E-state index in [4.69, 9.17) is 10.5 Å². The third-order valence-electron chi connectivity index (χ3n) is 2.73. The van der Waals surface area contributed by atoms with Gasteiger partial charge in [-0.3, -0.25) is 9.59 Å². The summed E-state index contributed by atoms with van der Waals surface area (Å²) < 4.78 is 5.65. The van der Waals surface area contributed by atoms with E-state index in [-0.39, 0.29) is 0 Å². The van der Waals surface area contributed by atoms with Crippen LogP contribution in [0, 0.1) is 0 Å². The van der Waals surface area contributed by atoms with Gasteiger partial charge in [-0.15, -0.1) is 0 Å². The minimum Gasteiger partial charge on any atom is -0.489 e. The molecule has 0 aromatic heterocycles. The van der Waals surface area contributed by atoms with E-state index in [9.17, 15) is 9.59 Å². The van der Waals surface area contributed by atoms with Gasteiger partial charge in [0.1, 0.15) is 12.4 Å². The van der Waals surface area contributed by atoms with Crippen molar-refractivity contribution in [2.24, 2.45) is 10.8 Å². The van der Waals surface area contributed by atoms with E-state index in [0.29, 0.717) is 6.61 Å². The summed E-state index contributed by atoms with van der Waals surface area (Å²) in [5, 5.41) is 3.62. The van der Waals surface area contributed by atoms with Gasteiger partial charge in [-0.05, 0) is 35.4 Å². The number of ether oxygens (including phenoxy) is 1. The van der Waals surface area contributed by atoms with Gasteiger partial charge in [-0.25, -0.2) is 5.43 Å². The number of benzene rings is 2. The van der Waals surface area contributed by atoms with Crippen molar-refractivity contribution >= 4 is 18.0 Å². The number of hydrazone groups is 1. The normalized spacial score (nSPS) is 10.4. The van der Waals surface area contributed by atoms with E-state index in [1.165, 1.54) is 6.21 Å². The Morgan fingerprint density at radius 1 is 1.09 bits per heavy atom. The molecular formula is C16H15N3O3. The van der Waals surface area contributed by atoms with Crippen LogP contribution in [0.4, 0.5) is 0 Å². The van der Waals surface area contributed by atoms with Crippen LogP contribution in [0.1, 0.15) is 11.1 Å². The lowest BCUT2D eigenvalue weighted by Crippen LogP contribution is -2.32. The first kappa shape index (κ1) is 15.2. The van der Waals surface area contributed by atoms with Gasteiger partial charge in [0.2, 0.25) is 0 Å². The lowest BCUT2D eigenvalue weighted by atomic mass is 10.2. The highest BCUT2D eigenvalue weighted by atomic mass is 16.5. The third kappa shape index (κ3) is 4.75. The highest BCUT2D eigenvalue weighted by Crippen LogP contribution is 2.13. The summed E-state index contributed by atoms with van der Waals surface area (Å²) in [7, 11) is 0. The van der Waals surface area contributed by atoms with Crippen LogP contribution in [0.25, 0.3) is 0 Å². The van der Waals surface area contributed by atoms with Gasteiger partial charge in [-0.1, -0.05) is 30.3 Å². The number of hydrogen-bond acceptors (Lipinski definition) is 4. The zero-order valence-corrected chi connectivity index (χ0v) is 11.7. The maximum absolute atomic E-state index is 10.9. The van der Waals surface area contributed by atoms with Crippen LogP contribution in [-0.2, 0) is 16.2 Å². The monoisotopic (exact) mass is 297 g/mol. The van der Waals surface area contributed by atoms with E-state index < -0.39 is 11.8 Å². The van der Waals surface area contributed by atoms with E-state index in [1.54, 1.807) is 24.3 Å². The van der Waals surface area contributed by atoms with Crippen molar-refractivity contribution in [3.05, 3.63) is 65.7 Å². The molecule has 0 saturated heterocycles. The quantitative estimate of drug-likeness (QED) is 0.493. The molecule has 0 heterocycles. The van der Waals surface area contributed by atoms with Crippen molar-refractivity contribution in [2.75, 3.05) is 0 Å². The maximum Gasteiger partial charge on any atom is 0.329 e. The van der Waals surface area contributed by atoms with Crippen molar-refractivity contribution in [3.8, 4) is 5.75 Å². The molecule has 0 aliphatic carbocycles. The van der Waals surface area contributed by atoms with Gasteiger partial charge in [-0.2, -0.15) is 5.10 Å². The molecule has 2 amide bonds. The van der Waals surface area contributed by atoms with Gasteiger partial charge in [0.15, 0.2) is 0 Å². The molecule has 2 aromatic carbocycles. The van der Waals surface area contributed by atoms with E-state index in [0.717, 1.165) is 16.9 Å². The fourth-order valence-electron chi connectivity index (χ4n) is 1.61. The van der Waals surface area contributed by atoms with Crippen molar-refractivity contribution in [1.82, 2.24) is 5.43 Å². The number of hydrogen-bond donors (Lipinski definition) is 2. The summed E-state index contributed by atoms with van der Waals surface area (Å²) in [5.74, 6) is -1.32. The Kier molecular flexibility index (Phi) is 5.25. The summed E-state index contributed by atoms with van der Waals surface area (Å²) in [6, 6.07) is 17.0. The van der Waals surface area contributed by atoms with Crippen LogP contribution >= 0.6 is 0 Å². The molecule has 0 radical (unpaired) electrons. The Balaban J connectivity index is 1.86. The number of carbonyl (C=O) groups excluding carboxylic acids is 2. The molecule has 112 valence electrons. The molecule has 0 unspecified atom stereocenters. The predicted molar refractivity (Wildman–Crippen MR) is 82.1 cm³/mol. The second-order valence-corrected chi connectivity index (χ2v) is 4.41. The molecule has 22 heavy (non-hydrogen) atoms. The first-order valence-electron chi connectivity index (χ1n) is 6.55. The largest absolute Gasteiger partial charge is 0.489 e. The highest BCUT2D eigenvalue weighted by Gasteiger charge is 2.05. The molecule has 0 aliphatic heterocycles. The Labute approximate surface area is 127 Å². The Morgan fingerprint density at radius 3 is 2.41 bits per heavy atom. The smallest absolute Gasteiger partial charge is 0.329 e. The molecular weight excluding hydrogens is 282 g/mol. The van der Waals surface area contributed by atoms with Crippen LogP contribution in [-0.4, -0.2) is 18.0 Å². The molecule has 2 aromatic rings. The average Bonchev–Trinajstić information content (AvgIpc) is 2.55. The van der Waals surface area contributed by atoms with Gasteiger partial charge >= 0.3 is 11.8 Å². The predicted octanol–water partition coefficient (Wildman–Crippen LogP) is 1.20. The Hall–Kier alpha value is -3.15. The Morgan fingerprint density at radius 2 is 1.77 bits per heavy atom. The van der Waals surface area contributed by atoms with Gasteiger partial charge in [0.05, 0.1) is 6.21 Å². The minimum absolute atomic E-state index is 0.489. The lowest BCUT2D eigenvalue weighted by molar-refractivity contribution is -0.137. The first-order valence-corrected chi connectivity index (χ1v) is 6.55. The van der Waals surface area contributed by atoms with Crippen LogP contribution in [0.3, 0.4) is 0 Å². The second kappa shape index (κ2) is 7.58. The summed E-state index contributed by atoms with van der Waals surface area (Å²) in [5.41, 5.74) is 8.62. The van der Waals surface area contributed by atoms with Crippen LogP contribution in [0.15, 0.2) is 59.7 Å². The zero-order chi connectivity index (χ0) is 15.8. The van der Waals surface area contributed by atoms with Gasteiger partial charge in [0, 0.05) is 0 Å².